The smallest absolute Gasteiger partial charge is 0.0543 e. The highest BCUT2D eigenvalue weighted by Crippen LogP contribution is 2.19. The molecule has 0 saturated carbocycles. The molecule has 1 unspecified atom stereocenters. The topological polar surface area (TPSA) is 20.2 Å². The van der Waals surface area contributed by atoms with Crippen LogP contribution in [0.15, 0.2) is 12.1 Å². The summed E-state index contributed by atoms with van der Waals surface area (Å²) in [7, 11) is 0. The Morgan fingerprint density at radius 2 is 1.93 bits per heavy atom. The van der Waals surface area contributed by atoms with Gasteiger partial charge in [0, 0.05) is 9.75 Å². The first-order valence-electron chi connectivity index (χ1n) is 5.51. The van der Waals surface area contributed by atoms with E-state index in [1.807, 2.05) is 11.3 Å². The van der Waals surface area contributed by atoms with Crippen LogP contribution in [0.5, 0.6) is 0 Å². The van der Waals surface area contributed by atoms with Crippen molar-refractivity contribution < 1.29 is 5.11 Å². The average Bonchev–Trinajstić information content (AvgIpc) is 2.63. The first kappa shape index (κ1) is 11.7. The Kier molecular flexibility index (Phi) is 5.20. The van der Waals surface area contributed by atoms with Crippen molar-refractivity contribution in [3.63, 3.8) is 0 Å². The molecule has 1 nitrogen and oxygen atoms in total. The Hall–Kier alpha value is -0.340. The Bertz CT molecular complexity index is 255. The summed E-state index contributed by atoms with van der Waals surface area (Å²) in [5, 5.41) is 9.58. The number of rotatable bonds is 6. The van der Waals surface area contributed by atoms with Gasteiger partial charge in [-0.2, -0.15) is 0 Å². The van der Waals surface area contributed by atoms with Gasteiger partial charge in [-0.15, -0.1) is 11.3 Å². The van der Waals surface area contributed by atoms with Gasteiger partial charge in [-0.05, 0) is 37.8 Å². The summed E-state index contributed by atoms with van der Waals surface area (Å²) in [6, 6.07) is 4.40. The standard InChI is InChI=1S/C12H20OS/c1-3-5-10(13)6-7-12-9-8-11(4-2)14-12/h8-10,13H,3-7H2,1-2H3. The summed E-state index contributed by atoms with van der Waals surface area (Å²) in [4.78, 5) is 2.86. The molecule has 0 aromatic carbocycles. The molecule has 1 heterocycles. The SMILES string of the molecule is CCCC(O)CCc1ccc(CC)s1. The minimum atomic E-state index is -0.104. The average molecular weight is 212 g/mol. The zero-order chi connectivity index (χ0) is 10.4. The summed E-state index contributed by atoms with van der Waals surface area (Å²) in [5.74, 6) is 0. The van der Waals surface area contributed by atoms with Crippen LogP contribution in [0.1, 0.15) is 42.9 Å². The van der Waals surface area contributed by atoms with Gasteiger partial charge < -0.3 is 5.11 Å². The van der Waals surface area contributed by atoms with E-state index in [-0.39, 0.29) is 6.10 Å². The molecule has 1 rings (SSSR count). The fourth-order valence-electron chi connectivity index (χ4n) is 1.53. The fourth-order valence-corrected chi connectivity index (χ4v) is 2.51. The molecule has 0 bridgehead atoms. The maximum absolute atomic E-state index is 9.58. The molecular formula is C12H20OS. The van der Waals surface area contributed by atoms with Crippen molar-refractivity contribution in [2.24, 2.45) is 0 Å². The number of hydrogen-bond acceptors (Lipinski definition) is 2. The molecule has 1 aromatic rings. The lowest BCUT2D eigenvalue weighted by Crippen LogP contribution is -2.06. The molecule has 0 aliphatic heterocycles. The van der Waals surface area contributed by atoms with E-state index in [0.29, 0.717) is 0 Å². The first-order valence-corrected chi connectivity index (χ1v) is 6.33. The molecule has 1 N–H and O–H groups in total. The zero-order valence-electron chi connectivity index (χ0n) is 9.12. The van der Waals surface area contributed by atoms with Gasteiger partial charge in [-0.3, -0.25) is 0 Å². The van der Waals surface area contributed by atoms with Crippen molar-refractivity contribution in [2.45, 2.75) is 52.1 Å². The molecule has 14 heavy (non-hydrogen) atoms. The van der Waals surface area contributed by atoms with Gasteiger partial charge in [-0.25, -0.2) is 0 Å². The molecule has 2 heteroatoms. The predicted octanol–water partition coefficient (Wildman–Crippen LogP) is 3.40. The normalized spacial score (nSPS) is 13.1. The third-order valence-corrected chi connectivity index (χ3v) is 3.70. The van der Waals surface area contributed by atoms with Gasteiger partial charge in [-0.1, -0.05) is 20.3 Å². The van der Waals surface area contributed by atoms with Gasteiger partial charge in [0.15, 0.2) is 0 Å². The summed E-state index contributed by atoms with van der Waals surface area (Å²) < 4.78 is 0. The van der Waals surface area contributed by atoms with Gasteiger partial charge >= 0.3 is 0 Å². The van der Waals surface area contributed by atoms with Crippen LogP contribution < -0.4 is 0 Å². The molecule has 0 amide bonds. The van der Waals surface area contributed by atoms with E-state index < -0.39 is 0 Å². The third-order valence-electron chi connectivity index (χ3n) is 2.41. The number of hydrogen-bond donors (Lipinski definition) is 1. The molecular weight excluding hydrogens is 192 g/mol. The molecule has 0 aliphatic carbocycles. The highest BCUT2D eigenvalue weighted by molar-refractivity contribution is 7.11. The van der Waals surface area contributed by atoms with Crippen LogP contribution >= 0.6 is 11.3 Å². The van der Waals surface area contributed by atoms with Crippen LogP contribution in [0.3, 0.4) is 0 Å². The van der Waals surface area contributed by atoms with Crippen molar-refractivity contribution in [1.29, 1.82) is 0 Å². The highest BCUT2D eigenvalue weighted by Gasteiger charge is 2.04. The second kappa shape index (κ2) is 6.20. The molecule has 0 radical (unpaired) electrons. The number of aliphatic hydroxyl groups excluding tert-OH is 1. The Labute approximate surface area is 90.8 Å². The monoisotopic (exact) mass is 212 g/mol. The van der Waals surface area contributed by atoms with Crippen LogP contribution in [-0.2, 0) is 12.8 Å². The number of thiophene rings is 1. The van der Waals surface area contributed by atoms with Crippen molar-refractivity contribution in [3.8, 4) is 0 Å². The molecule has 0 fully saturated rings. The summed E-state index contributed by atoms with van der Waals surface area (Å²) in [6.45, 7) is 4.30. The zero-order valence-corrected chi connectivity index (χ0v) is 9.94. The molecule has 0 aliphatic rings. The maximum Gasteiger partial charge on any atom is 0.0543 e. The van der Waals surface area contributed by atoms with E-state index >= 15 is 0 Å². The van der Waals surface area contributed by atoms with Crippen LogP contribution in [-0.4, -0.2) is 11.2 Å². The molecule has 1 atom stereocenters. The van der Waals surface area contributed by atoms with E-state index in [0.717, 1.165) is 32.1 Å². The van der Waals surface area contributed by atoms with Gasteiger partial charge in [0.1, 0.15) is 0 Å². The molecule has 0 saturated heterocycles. The quantitative estimate of drug-likeness (QED) is 0.766. The van der Waals surface area contributed by atoms with Crippen molar-refractivity contribution in [2.75, 3.05) is 0 Å². The van der Waals surface area contributed by atoms with Gasteiger partial charge in [0.25, 0.3) is 0 Å². The minimum Gasteiger partial charge on any atom is -0.393 e. The largest absolute Gasteiger partial charge is 0.393 e. The predicted molar refractivity (Wildman–Crippen MR) is 62.9 cm³/mol. The van der Waals surface area contributed by atoms with Crippen LogP contribution in [0.2, 0.25) is 0 Å². The second-order valence-electron chi connectivity index (χ2n) is 3.70. The van der Waals surface area contributed by atoms with E-state index in [2.05, 4.69) is 26.0 Å². The van der Waals surface area contributed by atoms with Crippen molar-refractivity contribution >= 4 is 11.3 Å². The Morgan fingerprint density at radius 3 is 2.50 bits per heavy atom. The van der Waals surface area contributed by atoms with Gasteiger partial charge in [0.05, 0.1) is 6.10 Å². The highest BCUT2D eigenvalue weighted by atomic mass is 32.1. The lowest BCUT2D eigenvalue weighted by molar-refractivity contribution is 0.154. The van der Waals surface area contributed by atoms with E-state index in [9.17, 15) is 5.11 Å². The summed E-state index contributed by atoms with van der Waals surface area (Å²) in [6.07, 6.45) is 4.98. The van der Waals surface area contributed by atoms with Crippen LogP contribution in [0.4, 0.5) is 0 Å². The van der Waals surface area contributed by atoms with Crippen molar-refractivity contribution in [1.82, 2.24) is 0 Å². The first-order chi connectivity index (χ1) is 6.76. The maximum atomic E-state index is 9.58. The fraction of sp³-hybridized carbons (Fsp3) is 0.667. The summed E-state index contributed by atoms with van der Waals surface area (Å²) >= 11 is 1.88. The summed E-state index contributed by atoms with van der Waals surface area (Å²) in [5.41, 5.74) is 0. The molecule has 80 valence electrons. The van der Waals surface area contributed by atoms with E-state index in [1.54, 1.807) is 0 Å². The van der Waals surface area contributed by atoms with E-state index in [1.165, 1.54) is 9.75 Å². The third kappa shape index (κ3) is 3.81. The number of aryl methyl sites for hydroxylation is 2. The Morgan fingerprint density at radius 1 is 1.21 bits per heavy atom. The van der Waals surface area contributed by atoms with Gasteiger partial charge in [0.2, 0.25) is 0 Å². The van der Waals surface area contributed by atoms with Crippen LogP contribution in [0, 0.1) is 0 Å². The Balaban J connectivity index is 2.30. The van der Waals surface area contributed by atoms with Crippen LogP contribution in [0.25, 0.3) is 0 Å². The van der Waals surface area contributed by atoms with Crippen molar-refractivity contribution in [3.05, 3.63) is 21.9 Å². The minimum absolute atomic E-state index is 0.104. The molecule has 1 aromatic heterocycles. The lowest BCUT2D eigenvalue weighted by Gasteiger charge is -2.07. The second-order valence-corrected chi connectivity index (χ2v) is 4.96. The lowest BCUT2D eigenvalue weighted by atomic mass is 10.1. The number of aliphatic hydroxyl groups is 1. The van der Waals surface area contributed by atoms with E-state index in [4.69, 9.17) is 0 Å². The molecule has 0 spiro atoms.